The molecule has 0 aliphatic rings. The molecule has 4 N–H and O–H groups in total. The monoisotopic (exact) mass is 410 g/mol. The lowest BCUT2D eigenvalue weighted by molar-refractivity contribution is 0.0523. The van der Waals surface area contributed by atoms with E-state index in [9.17, 15) is 4.79 Å². The third-order valence-electron chi connectivity index (χ3n) is 4.11. The van der Waals surface area contributed by atoms with Crippen molar-refractivity contribution in [2.45, 2.75) is 46.8 Å². The van der Waals surface area contributed by atoms with Crippen molar-refractivity contribution in [3.05, 3.63) is 53.0 Å². The van der Waals surface area contributed by atoms with Crippen LogP contribution in [-0.4, -0.2) is 34.9 Å². The number of nitrogens with two attached hydrogens (primary N) is 1. The highest BCUT2D eigenvalue weighted by atomic mass is 16.6. The molecule has 8 nitrogen and oxygen atoms in total. The Morgan fingerprint density at radius 1 is 1.27 bits per heavy atom. The predicted octanol–water partition coefficient (Wildman–Crippen LogP) is 3.70. The van der Waals surface area contributed by atoms with Crippen LogP contribution in [0.1, 0.15) is 37.5 Å². The molecule has 1 heterocycles. The molecule has 1 amide bonds. The number of nitrogens with zero attached hydrogens (tertiary/aromatic N) is 3. The first-order chi connectivity index (χ1) is 14.1. The van der Waals surface area contributed by atoms with E-state index in [1.54, 1.807) is 19.5 Å². The largest absolute Gasteiger partial charge is 0.444 e. The van der Waals surface area contributed by atoms with Crippen LogP contribution in [0.5, 0.6) is 0 Å². The molecule has 2 rings (SSSR count). The Labute approximate surface area is 177 Å². The van der Waals surface area contributed by atoms with E-state index >= 15 is 0 Å². The summed E-state index contributed by atoms with van der Waals surface area (Å²) in [7, 11) is 1.66. The number of carbonyl (C=O) groups excluding carboxylic acids is 1. The van der Waals surface area contributed by atoms with Gasteiger partial charge in [0, 0.05) is 37.8 Å². The number of hydrogen-bond donors (Lipinski definition) is 3. The van der Waals surface area contributed by atoms with Crippen molar-refractivity contribution in [3.63, 3.8) is 0 Å². The second-order valence-corrected chi connectivity index (χ2v) is 7.86. The molecule has 0 atom stereocenters. The van der Waals surface area contributed by atoms with Crippen LogP contribution in [0.25, 0.3) is 11.3 Å². The summed E-state index contributed by atoms with van der Waals surface area (Å²) in [5.74, 6) is 0.431. The molecule has 0 saturated heterocycles. The molecule has 0 unspecified atom stereocenters. The van der Waals surface area contributed by atoms with Gasteiger partial charge in [0.05, 0.1) is 11.4 Å². The van der Waals surface area contributed by atoms with Crippen molar-refractivity contribution in [1.82, 2.24) is 15.3 Å². The molecule has 0 aliphatic heterocycles. The number of amides is 1. The topological polar surface area (TPSA) is 115 Å². The maximum Gasteiger partial charge on any atom is 0.407 e. The minimum absolute atomic E-state index is 0.387. The molecule has 0 saturated carbocycles. The molecule has 1 aromatic heterocycles. The normalized spacial score (nSPS) is 12.1. The minimum Gasteiger partial charge on any atom is -0.444 e. The average molecular weight is 411 g/mol. The third kappa shape index (κ3) is 6.58. The zero-order valence-corrected chi connectivity index (χ0v) is 18.4. The number of allylic oxidation sites excluding steroid dienone is 1. The summed E-state index contributed by atoms with van der Waals surface area (Å²) in [6.45, 7) is 9.85. The molecule has 2 aromatic rings. The van der Waals surface area contributed by atoms with E-state index in [2.05, 4.69) is 25.6 Å². The van der Waals surface area contributed by atoms with Crippen molar-refractivity contribution in [1.29, 1.82) is 0 Å². The van der Waals surface area contributed by atoms with Gasteiger partial charge in [0.25, 0.3) is 0 Å². The first kappa shape index (κ1) is 22.9. The number of carbonyl (C=O) groups is 1. The molecule has 0 radical (unpaired) electrons. The quantitative estimate of drug-likeness (QED) is 0.626. The summed E-state index contributed by atoms with van der Waals surface area (Å²) in [6.07, 6.45) is 4.33. The highest BCUT2D eigenvalue weighted by Gasteiger charge is 2.16. The second-order valence-electron chi connectivity index (χ2n) is 7.86. The highest BCUT2D eigenvalue weighted by Crippen LogP contribution is 2.24. The van der Waals surface area contributed by atoms with Crippen LogP contribution >= 0.6 is 0 Å². The van der Waals surface area contributed by atoms with Crippen molar-refractivity contribution in [3.8, 4) is 11.3 Å². The fourth-order valence-corrected chi connectivity index (χ4v) is 2.70. The number of aliphatic imine (C=N–C) groups is 1. The standard InChI is InChI=1S/C22H30N6O2/c1-14-9-16(7-8-17(14)12-26-21(29)30-22(3,4)5)19-15(2)11-25-20(28-19)27-18(10-23)13-24-6/h7-11,13H,12,23H2,1-6H3,(H,26,29)(H,25,27,28). The lowest BCUT2D eigenvalue weighted by Gasteiger charge is -2.20. The Kier molecular flexibility index (Phi) is 7.52. The van der Waals surface area contributed by atoms with Gasteiger partial charge in [-0.15, -0.1) is 0 Å². The fraction of sp³-hybridized carbons (Fsp3) is 0.364. The van der Waals surface area contributed by atoms with Gasteiger partial charge in [-0.05, 0) is 57.4 Å². The van der Waals surface area contributed by atoms with E-state index in [0.29, 0.717) is 18.2 Å². The zero-order valence-electron chi connectivity index (χ0n) is 18.4. The lowest BCUT2D eigenvalue weighted by Crippen LogP contribution is -2.32. The first-order valence-corrected chi connectivity index (χ1v) is 9.64. The fourth-order valence-electron chi connectivity index (χ4n) is 2.70. The Hall–Kier alpha value is -3.42. The first-order valence-electron chi connectivity index (χ1n) is 9.64. The predicted molar refractivity (Wildman–Crippen MR) is 120 cm³/mol. The number of benzene rings is 1. The van der Waals surface area contributed by atoms with E-state index in [0.717, 1.165) is 27.9 Å². The Morgan fingerprint density at radius 3 is 2.60 bits per heavy atom. The van der Waals surface area contributed by atoms with Crippen LogP contribution in [0.3, 0.4) is 0 Å². The Morgan fingerprint density at radius 2 is 2.00 bits per heavy atom. The second kappa shape index (κ2) is 9.87. The molecule has 0 bridgehead atoms. The van der Waals surface area contributed by atoms with E-state index in [4.69, 9.17) is 10.5 Å². The van der Waals surface area contributed by atoms with Crippen LogP contribution in [0.4, 0.5) is 10.7 Å². The van der Waals surface area contributed by atoms with E-state index in [-0.39, 0.29) is 0 Å². The molecule has 8 heteroatoms. The number of ether oxygens (including phenoxy) is 1. The molecule has 0 aliphatic carbocycles. The van der Waals surface area contributed by atoms with Gasteiger partial charge in [-0.25, -0.2) is 14.8 Å². The SMILES string of the molecule is CN=CC(=CN)Nc1ncc(C)c(-c2ccc(CNC(=O)OC(C)(C)C)c(C)c2)n1. The van der Waals surface area contributed by atoms with Crippen LogP contribution in [0.2, 0.25) is 0 Å². The van der Waals surface area contributed by atoms with E-state index in [1.165, 1.54) is 6.20 Å². The van der Waals surface area contributed by atoms with Gasteiger partial charge in [0.15, 0.2) is 0 Å². The Bertz CT molecular complexity index is 961. The van der Waals surface area contributed by atoms with Gasteiger partial charge in [-0.3, -0.25) is 4.99 Å². The maximum absolute atomic E-state index is 11.9. The van der Waals surface area contributed by atoms with Crippen LogP contribution in [0, 0.1) is 13.8 Å². The Balaban J connectivity index is 2.19. The summed E-state index contributed by atoms with van der Waals surface area (Å²) < 4.78 is 5.28. The van der Waals surface area contributed by atoms with E-state index < -0.39 is 11.7 Å². The van der Waals surface area contributed by atoms with Crippen LogP contribution < -0.4 is 16.4 Å². The van der Waals surface area contributed by atoms with Crippen molar-refractivity contribution in [2.24, 2.45) is 10.7 Å². The summed E-state index contributed by atoms with van der Waals surface area (Å²) in [5.41, 5.74) is 10.4. The number of alkyl carbamates (subject to hydrolysis) is 1. The van der Waals surface area contributed by atoms with Crippen LogP contribution in [-0.2, 0) is 11.3 Å². The zero-order chi connectivity index (χ0) is 22.3. The summed E-state index contributed by atoms with van der Waals surface area (Å²) >= 11 is 0. The van der Waals surface area contributed by atoms with Gasteiger partial charge in [-0.1, -0.05) is 12.1 Å². The van der Waals surface area contributed by atoms with E-state index in [1.807, 2.05) is 52.8 Å². The average Bonchev–Trinajstić information content (AvgIpc) is 2.66. The van der Waals surface area contributed by atoms with Crippen LogP contribution in [0.15, 0.2) is 41.3 Å². The summed E-state index contributed by atoms with van der Waals surface area (Å²) in [4.78, 5) is 24.8. The summed E-state index contributed by atoms with van der Waals surface area (Å²) in [6, 6.07) is 6.00. The number of aryl methyl sites for hydroxylation is 2. The third-order valence-corrected chi connectivity index (χ3v) is 4.11. The van der Waals surface area contributed by atoms with Crippen molar-refractivity contribution in [2.75, 3.05) is 12.4 Å². The number of hydrogen-bond acceptors (Lipinski definition) is 7. The highest BCUT2D eigenvalue weighted by molar-refractivity contribution is 5.82. The molecule has 30 heavy (non-hydrogen) atoms. The molecule has 1 aromatic carbocycles. The van der Waals surface area contributed by atoms with Gasteiger partial charge in [0.1, 0.15) is 5.60 Å². The van der Waals surface area contributed by atoms with Gasteiger partial charge >= 0.3 is 6.09 Å². The molecular formula is C22H30N6O2. The van der Waals surface area contributed by atoms with Gasteiger partial charge in [0.2, 0.25) is 5.95 Å². The number of anilines is 1. The maximum atomic E-state index is 11.9. The minimum atomic E-state index is -0.527. The van der Waals surface area contributed by atoms with Crippen molar-refractivity contribution < 1.29 is 9.53 Å². The van der Waals surface area contributed by atoms with Crippen molar-refractivity contribution >= 4 is 18.3 Å². The molecular weight excluding hydrogens is 380 g/mol. The number of aromatic nitrogens is 2. The lowest BCUT2D eigenvalue weighted by atomic mass is 10.0. The smallest absolute Gasteiger partial charge is 0.407 e. The molecule has 0 fully saturated rings. The number of rotatable bonds is 6. The summed E-state index contributed by atoms with van der Waals surface area (Å²) in [5, 5.41) is 5.84. The van der Waals surface area contributed by atoms with Gasteiger partial charge < -0.3 is 21.1 Å². The van der Waals surface area contributed by atoms with Gasteiger partial charge in [-0.2, -0.15) is 0 Å². The molecule has 160 valence electrons. The molecule has 0 spiro atoms. The number of nitrogens with one attached hydrogen (secondary N) is 2.